The van der Waals surface area contributed by atoms with Gasteiger partial charge in [0, 0.05) is 42.2 Å². The van der Waals surface area contributed by atoms with Crippen LogP contribution in [0.15, 0.2) is 58.2 Å². The lowest BCUT2D eigenvalue weighted by Gasteiger charge is -2.19. The van der Waals surface area contributed by atoms with E-state index in [0.29, 0.717) is 12.1 Å². The first kappa shape index (κ1) is 18.2. The van der Waals surface area contributed by atoms with Gasteiger partial charge in [-0.15, -0.1) is 11.8 Å². The number of carbonyl (C=O) groups excluding carboxylic acids is 1. The highest BCUT2D eigenvalue weighted by atomic mass is 32.2. The van der Waals surface area contributed by atoms with Crippen LogP contribution in [0.5, 0.6) is 0 Å². The first-order valence-electron chi connectivity index (χ1n) is 8.34. The molecule has 0 aliphatic carbocycles. The molecule has 1 amide bonds. The SMILES string of the molecule is Cc1noc(C)c1CSc1ccccc1C(=O)N(C)Cc1cccnc1. The van der Waals surface area contributed by atoms with Crippen molar-refractivity contribution >= 4 is 17.7 Å². The van der Waals surface area contributed by atoms with Gasteiger partial charge in [0.05, 0.1) is 11.3 Å². The molecule has 5 nitrogen and oxygen atoms in total. The minimum Gasteiger partial charge on any atom is -0.361 e. The minimum atomic E-state index is -0.00397. The van der Waals surface area contributed by atoms with Crippen LogP contribution in [0.1, 0.15) is 32.9 Å². The van der Waals surface area contributed by atoms with Gasteiger partial charge in [-0.05, 0) is 37.6 Å². The monoisotopic (exact) mass is 367 g/mol. The number of aromatic nitrogens is 2. The smallest absolute Gasteiger partial charge is 0.255 e. The molecule has 0 saturated heterocycles. The maximum atomic E-state index is 12.9. The second kappa shape index (κ2) is 8.19. The summed E-state index contributed by atoms with van der Waals surface area (Å²) in [6, 6.07) is 11.5. The topological polar surface area (TPSA) is 59.2 Å². The van der Waals surface area contributed by atoms with E-state index in [1.165, 1.54) is 0 Å². The van der Waals surface area contributed by atoms with E-state index in [1.54, 1.807) is 29.1 Å². The largest absolute Gasteiger partial charge is 0.361 e. The fourth-order valence-corrected chi connectivity index (χ4v) is 3.87. The molecule has 0 atom stereocenters. The Morgan fingerprint density at radius 1 is 1.19 bits per heavy atom. The summed E-state index contributed by atoms with van der Waals surface area (Å²) in [5.41, 5.74) is 3.69. The zero-order valence-corrected chi connectivity index (χ0v) is 15.9. The number of thioether (sulfide) groups is 1. The summed E-state index contributed by atoms with van der Waals surface area (Å²) in [4.78, 5) is 19.7. The molecule has 134 valence electrons. The molecule has 0 unspecified atom stereocenters. The van der Waals surface area contributed by atoms with Gasteiger partial charge >= 0.3 is 0 Å². The van der Waals surface area contributed by atoms with Crippen LogP contribution in [0.25, 0.3) is 0 Å². The summed E-state index contributed by atoms with van der Waals surface area (Å²) >= 11 is 1.63. The lowest BCUT2D eigenvalue weighted by Crippen LogP contribution is -2.26. The maximum absolute atomic E-state index is 12.9. The van der Waals surface area contributed by atoms with Crippen LogP contribution < -0.4 is 0 Å². The molecule has 1 aromatic carbocycles. The highest BCUT2D eigenvalue weighted by molar-refractivity contribution is 7.98. The van der Waals surface area contributed by atoms with E-state index in [9.17, 15) is 4.79 Å². The predicted molar refractivity (Wildman–Crippen MR) is 102 cm³/mol. The molecule has 0 aliphatic heterocycles. The van der Waals surface area contributed by atoms with Gasteiger partial charge in [-0.25, -0.2) is 0 Å². The Morgan fingerprint density at radius 2 is 2.00 bits per heavy atom. The standard InChI is InChI=1S/C20H21N3O2S/c1-14-18(15(2)25-22-14)13-26-19-9-5-4-8-17(19)20(24)23(3)12-16-7-6-10-21-11-16/h4-11H,12-13H2,1-3H3. The third-order valence-corrected chi connectivity index (χ3v) is 5.26. The van der Waals surface area contributed by atoms with Gasteiger partial charge in [0.2, 0.25) is 0 Å². The molecule has 0 radical (unpaired) electrons. The average Bonchev–Trinajstić information content (AvgIpc) is 2.98. The maximum Gasteiger partial charge on any atom is 0.255 e. The number of aryl methyl sites for hydroxylation is 2. The van der Waals surface area contributed by atoms with Crippen LogP contribution in [0, 0.1) is 13.8 Å². The van der Waals surface area contributed by atoms with Crippen molar-refractivity contribution in [3.63, 3.8) is 0 Å². The van der Waals surface area contributed by atoms with Gasteiger partial charge < -0.3 is 9.42 Å². The summed E-state index contributed by atoms with van der Waals surface area (Å²) in [6.07, 6.45) is 3.51. The second-order valence-electron chi connectivity index (χ2n) is 6.11. The molecule has 26 heavy (non-hydrogen) atoms. The van der Waals surface area contributed by atoms with Gasteiger partial charge in [0.1, 0.15) is 5.76 Å². The van der Waals surface area contributed by atoms with Crippen molar-refractivity contribution in [1.82, 2.24) is 15.0 Å². The molecule has 0 fully saturated rings. The highest BCUT2D eigenvalue weighted by Gasteiger charge is 2.17. The van der Waals surface area contributed by atoms with Gasteiger partial charge in [0.25, 0.3) is 5.91 Å². The van der Waals surface area contributed by atoms with Crippen molar-refractivity contribution in [2.75, 3.05) is 7.05 Å². The number of hydrogen-bond acceptors (Lipinski definition) is 5. The fourth-order valence-electron chi connectivity index (χ4n) is 2.67. The van der Waals surface area contributed by atoms with Crippen molar-refractivity contribution in [1.29, 1.82) is 0 Å². The van der Waals surface area contributed by atoms with Crippen LogP contribution in [-0.4, -0.2) is 28.0 Å². The Kier molecular flexibility index (Phi) is 5.73. The zero-order chi connectivity index (χ0) is 18.5. The van der Waals surface area contributed by atoms with Crippen molar-refractivity contribution in [2.24, 2.45) is 0 Å². The zero-order valence-electron chi connectivity index (χ0n) is 15.1. The Balaban J connectivity index is 1.74. The molecule has 3 rings (SSSR count). The quantitative estimate of drug-likeness (QED) is 0.610. The number of hydrogen-bond donors (Lipinski definition) is 0. The first-order valence-corrected chi connectivity index (χ1v) is 9.32. The normalized spacial score (nSPS) is 10.7. The average molecular weight is 367 g/mol. The molecule has 3 aromatic rings. The summed E-state index contributed by atoms with van der Waals surface area (Å²) in [5, 5.41) is 3.99. The summed E-state index contributed by atoms with van der Waals surface area (Å²) < 4.78 is 5.22. The molecule has 2 aromatic heterocycles. The summed E-state index contributed by atoms with van der Waals surface area (Å²) in [6.45, 7) is 4.37. The lowest BCUT2D eigenvalue weighted by molar-refractivity contribution is 0.0781. The fraction of sp³-hybridized carbons (Fsp3) is 0.250. The van der Waals surface area contributed by atoms with Gasteiger partial charge in [-0.3, -0.25) is 9.78 Å². The van der Waals surface area contributed by atoms with E-state index in [-0.39, 0.29) is 5.91 Å². The highest BCUT2D eigenvalue weighted by Crippen LogP contribution is 2.29. The Hall–Kier alpha value is -2.60. The Morgan fingerprint density at radius 3 is 2.69 bits per heavy atom. The molecule has 6 heteroatoms. The Bertz CT molecular complexity index is 874. The number of nitrogens with zero attached hydrogens (tertiary/aromatic N) is 3. The molecular weight excluding hydrogens is 346 g/mol. The third kappa shape index (κ3) is 4.14. The molecule has 2 heterocycles. The Labute approximate surface area is 157 Å². The van der Waals surface area contributed by atoms with Crippen molar-refractivity contribution < 1.29 is 9.32 Å². The van der Waals surface area contributed by atoms with Crippen LogP contribution in [0.3, 0.4) is 0 Å². The number of amides is 1. The first-order chi connectivity index (χ1) is 12.6. The van der Waals surface area contributed by atoms with Crippen LogP contribution in [0.2, 0.25) is 0 Å². The number of carbonyl (C=O) groups is 1. The van der Waals surface area contributed by atoms with Crippen molar-refractivity contribution in [2.45, 2.75) is 31.0 Å². The van der Waals surface area contributed by atoms with Gasteiger partial charge in [-0.2, -0.15) is 0 Å². The molecule has 0 aliphatic rings. The molecule has 0 saturated carbocycles. The second-order valence-corrected chi connectivity index (χ2v) is 7.13. The summed E-state index contributed by atoms with van der Waals surface area (Å²) in [7, 11) is 1.81. The van der Waals surface area contributed by atoms with E-state index < -0.39 is 0 Å². The van der Waals surface area contributed by atoms with E-state index >= 15 is 0 Å². The van der Waals surface area contributed by atoms with Gasteiger partial charge in [-0.1, -0.05) is 23.4 Å². The van der Waals surface area contributed by atoms with E-state index in [0.717, 1.165) is 33.2 Å². The predicted octanol–water partition coefficient (Wildman–Crippen LogP) is 4.25. The van der Waals surface area contributed by atoms with E-state index in [2.05, 4.69) is 10.1 Å². The molecule has 0 spiro atoms. The minimum absolute atomic E-state index is 0.00397. The number of rotatable bonds is 6. The molecule has 0 bridgehead atoms. The third-order valence-electron chi connectivity index (χ3n) is 4.16. The van der Waals surface area contributed by atoms with Gasteiger partial charge in [0.15, 0.2) is 0 Å². The van der Waals surface area contributed by atoms with Crippen molar-refractivity contribution in [3.05, 3.63) is 76.9 Å². The lowest BCUT2D eigenvalue weighted by atomic mass is 10.2. The van der Waals surface area contributed by atoms with Crippen LogP contribution in [0.4, 0.5) is 0 Å². The van der Waals surface area contributed by atoms with E-state index in [4.69, 9.17) is 4.52 Å². The van der Waals surface area contributed by atoms with Crippen LogP contribution >= 0.6 is 11.8 Å². The van der Waals surface area contributed by atoms with Crippen molar-refractivity contribution in [3.8, 4) is 0 Å². The molecular formula is C20H21N3O2S. The molecule has 0 N–H and O–H groups in total. The number of benzene rings is 1. The van der Waals surface area contributed by atoms with E-state index in [1.807, 2.05) is 57.3 Å². The number of pyridine rings is 1. The summed E-state index contributed by atoms with van der Waals surface area (Å²) in [5.74, 6) is 1.54. The van der Waals surface area contributed by atoms with Crippen LogP contribution in [-0.2, 0) is 12.3 Å².